The average Bonchev–Trinajstić information content (AvgIpc) is 2.00. The Hall–Kier alpha value is -1.58. The maximum atomic E-state index is 11.4. The molecule has 0 spiro atoms. The molecule has 0 aromatic carbocycles. The van der Waals surface area contributed by atoms with Gasteiger partial charge in [0.25, 0.3) is 0 Å². The summed E-state index contributed by atoms with van der Waals surface area (Å²) < 4.78 is 0. The molecular weight excluding hydrogens is 192 g/mol. The van der Waals surface area contributed by atoms with Crippen molar-refractivity contribution < 1.29 is 9.59 Å². The van der Waals surface area contributed by atoms with Gasteiger partial charge in [0.15, 0.2) is 0 Å². The highest BCUT2D eigenvalue weighted by atomic mass is 16.2. The topological polar surface area (TPSA) is 58.2 Å². The Labute approximate surface area is 90.4 Å². The van der Waals surface area contributed by atoms with Crippen molar-refractivity contribution in [3.63, 3.8) is 0 Å². The highest BCUT2D eigenvalue weighted by Gasteiger charge is 2.05. The van der Waals surface area contributed by atoms with Gasteiger partial charge in [0.1, 0.15) is 0 Å². The molecule has 0 atom stereocenters. The third kappa shape index (κ3) is 6.49. The molecule has 0 saturated carbocycles. The number of rotatable bonds is 4. The van der Waals surface area contributed by atoms with E-state index in [1.807, 2.05) is 13.8 Å². The van der Waals surface area contributed by atoms with Crippen molar-refractivity contribution in [2.75, 3.05) is 0 Å². The van der Waals surface area contributed by atoms with Gasteiger partial charge in [0.05, 0.1) is 0 Å². The minimum absolute atomic E-state index is 0.0925. The first-order valence-corrected chi connectivity index (χ1v) is 4.78. The molecule has 0 aliphatic rings. The van der Waals surface area contributed by atoms with E-state index in [0.29, 0.717) is 11.3 Å². The number of amides is 2. The summed E-state index contributed by atoms with van der Waals surface area (Å²) >= 11 is 0. The van der Waals surface area contributed by atoms with Crippen LogP contribution in [0.5, 0.6) is 0 Å². The van der Waals surface area contributed by atoms with Crippen LogP contribution in [0.15, 0.2) is 23.9 Å². The summed E-state index contributed by atoms with van der Waals surface area (Å²) in [4.78, 5) is 22.1. The second kappa shape index (κ2) is 6.01. The van der Waals surface area contributed by atoms with Crippen molar-refractivity contribution in [1.82, 2.24) is 10.6 Å². The molecule has 0 unspecified atom stereocenters. The Morgan fingerprint density at radius 2 is 1.80 bits per heavy atom. The van der Waals surface area contributed by atoms with Crippen LogP contribution in [-0.4, -0.2) is 17.9 Å². The predicted molar refractivity (Wildman–Crippen MR) is 60.0 cm³/mol. The zero-order chi connectivity index (χ0) is 12.0. The Kier molecular flexibility index (Phi) is 5.37. The summed E-state index contributed by atoms with van der Waals surface area (Å²) in [5.74, 6) is -0.357. The molecular formula is C11H18N2O2. The first-order chi connectivity index (χ1) is 6.82. The van der Waals surface area contributed by atoms with Crippen molar-refractivity contribution in [3.05, 3.63) is 23.9 Å². The van der Waals surface area contributed by atoms with Gasteiger partial charge in [-0.25, -0.2) is 0 Å². The maximum absolute atomic E-state index is 11.4. The van der Waals surface area contributed by atoms with Crippen molar-refractivity contribution in [2.24, 2.45) is 0 Å². The van der Waals surface area contributed by atoms with Gasteiger partial charge in [-0.15, -0.1) is 0 Å². The van der Waals surface area contributed by atoms with Gasteiger partial charge in [0.2, 0.25) is 11.8 Å². The van der Waals surface area contributed by atoms with E-state index in [1.54, 1.807) is 13.0 Å². The van der Waals surface area contributed by atoms with Gasteiger partial charge in [-0.3, -0.25) is 9.59 Å². The lowest BCUT2D eigenvalue weighted by atomic mass is 10.2. The standard InChI is InChI=1S/C11H18N2O2/c1-7(2)12-11(15)8(3)6-9(4)13-10(5)14/h6-7H,4H2,1-3,5H3,(H,12,15)(H,13,14)/b8-6+. The van der Waals surface area contributed by atoms with E-state index in [0.717, 1.165) is 0 Å². The molecule has 0 aromatic heterocycles. The third-order valence-corrected chi connectivity index (χ3v) is 1.51. The summed E-state index contributed by atoms with van der Waals surface area (Å²) in [6.45, 7) is 10.4. The summed E-state index contributed by atoms with van der Waals surface area (Å²) in [7, 11) is 0. The van der Waals surface area contributed by atoms with Crippen molar-refractivity contribution in [3.8, 4) is 0 Å². The Morgan fingerprint density at radius 1 is 1.27 bits per heavy atom. The predicted octanol–water partition coefficient (Wildman–Crippen LogP) is 1.11. The van der Waals surface area contributed by atoms with Crippen molar-refractivity contribution >= 4 is 11.8 Å². The Morgan fingerprint density at radius 3 is 2.20 bits per heavy atom. The number of hydrogen-bond donors (Lipinski definition) is 2. The number of nitrogens with one attached hydrogen (secondary N) is 2. The fraction of sp³-hybridized carbons (Fsp3) is 0.455. The van der Waals surface area contributed by atoms with E-state index in [1.165, 1.54) is 6.92 Å². The largest absolute Gasteiger partial charge is 0.350 e. The van der Waals surface area contributed by atoms with E-state index < -0.39 is 0 Å². The molecule has 0 radical (unpaired) electrons. The summed E-state index contributed by atoms with van der Waals surface area (Å²) in [6, 6.07) is 0.0925. The summed E-state index contributed by atoms with van der Waals surface area (Å²) in [6.07, 6.45) is 1.54. The second-order valence-electron chi connectivity index (χ2n) is 3.66. The molecule has 4 heteroatoms. The van der Waals surface area contributed by atoms with Gasteiger partial charge in [0, 0.05) is 24.2 Å². The van der Waals surface area contributed by atoms with Crippen LogP contribution in [0.4, 0.5) is 0 Å². The van der Waals surface area contributed by atoms with Crippen LogP contribution in [-0.2, 0) is 9.59 Å². The van der Waals surface area contributed by atoms with Gasteiger partial charge in [-0.2, -0.15) is 0 Å². The van der Waals surface area contributed by atoms with Crippen LogP contribution in [0.3, 0.4) is 0 Å². The lowest BCUT2D eigenvalue weighted by molar-refractivity contribution is -0.119. The fourth-order valence-corrected chi connectivity index (χ4v) is 0.965. The van der Waals surface area contributed by atoms with Crippen LogP contribution in [0, 0.1) is 0 Å². The SMILES string of the molecule is C=C(/C=C(\C)C(=O)NC(C)C)NC(C)=O. The normalized spacial score (nSPS) is 11.1. The second-order valence-corrected chi connectivity index (χ2v) is 3.66. The average molecular weight is 210 g/mol. The highest BCUT2D eigenvalue weighted by Crippen LogP contribution is 1.98. The van der Waals surface area contributed by atoms with Crippen LogP contribution in [0.2, 0.25) is 0 Å². The highest BCUT2D eigenvalue weighted by molar-refractivity contribution is 5.93. The Bertz CT molecular complexity index is 304. The first-order valence-electron chi connectivity index (χ1n) is 4.78. The molecule has 0 aliphatic heterocycles. The quantitative estimate of drug-likeness (QED) is 0.539. The molecule has 15 heavy (non-hydrogen) atoms. The van der Waals surface area contributed by atoms with Crippen LogP contribution >= 0.6 is 0 Å². The zero-order valence-electron chi connectivity index (χ0n) is 9.68. The van der Waals surface area contributed by atoms with E-state index >= 15 is 0 Å². The molecule has 0 rings (SSSR count). The number of carbonyl (C=O) groups is 2. The lowest BCUT2D eigenvalue weighted by Crippen LogP contribution is -2.31. The summed E-state index contributed by atoms with van der Waals surface area (Å²) in [5, 5.41) is 5.23. The Balaban J connectivity index is 4.36. The molecule has 0 bridgehead atoms. The van der Waals surface area contributed by atoms with E-state index in [9.17, 15) is 9.59 Å². The van der Waals surface area contributed by atoms with Crippen molar-refractivity contribution in [1.29, 1.82) is 0 Å². The molecule has 2 N–H and O–H groups in total. The van der Waals surface area contributed by atoms with E-state index in [-0.39, 0.29) is 17.9 Å². The van der Waals surface area contributed by atoms with Crippen LogP contribution in [0.1, 0.15) is 27.7 Å². The minimum atomic E-state index is -0.201. The smallest absolute Gasteiger partial charge is 0.247 e. The molecule has 0 heterocycles. The van der Waals surface area contributed by atoms with E-state index in [2.05, 4.69) is 17.2 Å². The van der Waals surface area contributed by atoms with Gasteiger partial charge in [-0.05, 0) is 26.8 Å². The van der Waals surface area contributed by atoms with Gasteiger partial charge < -0.3 is 10.6 Å². The van der Waals surface area contributed by atoms with Crippen LogP contribution < -0.4 is 10.6 Å². The monoisotopic (exact) mass is 210 g/mol. The zero-order valence-corrected chi connectivity index (χ0v) is 9.68. The number of hydrogen-bond acceptors (Lipinski definition) is 2. The van der Waals surface area contributed by atoms with Gasteiger partial charge in [-0.1, -0.05) is 6.58 Å². The third-order valence-electron chi connectivity index (χ3n) is 1.51. The molecule has 0 aromatic rings. The van der Waals surface area contributed by atoms with Gasteiger partial charge >= 0.3 is 0 Å². The van der Waals surface area contributed by atoms with Crippen molar-refractivity contribution in [2.45, 2.75) is 33.7 Å². The molecule has 2 amide bonds. The molecule has 0 saturated heterocycles. The van der Waals surface area contributed by atoms with Crippen LogP contribution in [0.25, 0.3) is 0 Å². The van der Waals surface area contributed by atoms with E-state index in [4.69, 9.17) is 0 Å². The molecule has 4 nitrogen and oxygen atoms in total. The molecule has 0 aliphatic carbocycles. The number of carbonyl (C=O) groups excluding carboxylic acids is 2. The fourth-order valence-electron chi connectivity index (χ4n) is 0.965. The lowest BCUT2D eigenvalue weighted by Gasteiger charge is -2.09. The number of allylic oxidation sites excluding steroid dienone is 1. The maximum Gasteiger partial charge on any atom is 0.247 e. The first kappa shape index (κ1) is 13.4. The summed E-state index contributed by atoms with van der Waals surface area (Å²) in [5.41, 5.74) is 0.932. The molecule has 84 valence electrons. The minimum Gasteiger partial charge on any atom is -0.350 e. The molecule has 0 fully saturated rings.